The molecule has 1 saturated heterocycles. The fourth-order valence-electron chi connectivity index (χ4n) is 1.41. The lowest BCUT2D eigenvalue weighted by Crippen LogP contribution is -2.49. The van der Waals surface area contributed by atoms with Gasteiger partial charge in [0.1, 0.15) is 24.9 Å². The first-order chi connectivity index (χ1) is 7.25. The molecule has 0 aromatic rings. The van der Waals surface area contributed by atoms with Gasteiger partial charge in [0, 0.05) is 0 Å². The zero-order valence-electron chi connectivity index (χ0n) is 7.92. The maximum atomic E-state index is 10.5. The Morgan fingerprint density at radius 1 is 1.31 bits per heavy atom. The van der Waals surface area contributed by atoms with Crippen LogP contribution in [0, 0.1) is 0 Å². The van der Waals surface area contributed by atoms with Crippen LogP contribution < -0.4 is 0 Å². The maximum absolute atomic E-state index is 10.5. The zero-order chi connectivity index (χ0) is 12.6. The Labute approximate surface area is 90.8 Å². The van der Waals surface area contributed by atoms with Gasteiger partial charge in [-0.15, -0.1) is 0 Å². The molecule has 0 bridgehead atoms. The van der Waals surface area contributed by atoms with Crippen LogP contribution in [0.5, 0.6) is 0 Å². The average Bonchev–Trinajstić information content (AvgIpc) is 2.41. The van der Waals surface area contributed by atoms with Crippen molar-refractivity contribution < 1.29 is 42.3 Å². The average molecular weight is 260 g/mol. The van der Waals surface area contributed by atoms with E-state index in [1.807, 2.05) is 0 Å². The summed E-state index contributed by atoms with van der Waals surface area (Å²) in [5.74, 6) is -2.51. The summed E-state index contributed by atoms with van der Waals surface area (Å²) < 4.78 is 38.1. The molecule has 1 aliphatic rings. The number of hydrogen-bond acceptors (Lipinski definition) is 8. The van der Waals surface area contributed by atoms with Crippen molar-refractivity contribution in [3.8, 4) is 0 Å². The Morgan fingerprint density at radius 2 is 1.88 bits per heavy atom. The lowest BCUT2D eigenvalue weighted by Gasteiger charge is -2.27. The smallest absolute Gasteiger partial charge is 0.394 e. The first-order valence-electron chi connectivity index (χ1n) is 4.19. The fraction of sp³-hybridized carbons (Fsp3) is 1.00. The highest BCUT2D eigenvalue weighted by molar-refractivity contribution is 7.80. The van der Waals surface area contributed by atoms with Crippen molar-refractivity contribution in [3.63, 3.8) is 0 Å². The molecule has 96 valence electrons. The van der Waals surface area contributed by atoms with E-state index in [0.29, 0.717) is 0 Å². The molecule has 10 heteroatoms. The first kappa shape index (κ1) is 13.7. The van der Waals surface area contributed by atoms with Crippen molar-refractivity contribution in [3.05, 3.63) is 0 Å². The van der Waals surface area contributed by atoms with Gasteiger partial charge < -0.3 is 25.2 Å². The van der Waals surface area contributed by atoms with Crippen molar-refractivity contribution in [2.75, 3.05) is 13.2 Å². The standard InChI is InChI=1S/C6H12O9S/c7-1-3-4(9)5(10)6(2-8,14-3)15-16(11,12)13/h3-5,7-10H,1-2H2,(H,11,12,13)/t3-,4-,5+,6-/m1/s1. The summed E-state index contributed by atoms with van der Waals surface area (Å²) in [6, 6.07) is 0. The Kier molecular flexibility index (Phi) is 3.87. The van der Waals surface area contributed by atoms with Crippen LogP contribution in [0.1, 0.15) is 0 Å². The minimum Gasteiger partial charge on any atom is -0.394 e. The van der Waals surface area contributed by atoms with E-state index < -0.39 is 47.7 Å². The largest absolute Gasteiger partial charge is 0.400 e. The second-order valence-corrected chi connectivity index (χ2v) is 4.28. The number of hydrogen-bond donors (Lipinski definition) is 5. The Bertz CT molecular complexity index is 340. The van der Waals surface area contributed by atoms with Crippen LogP contribution >= 0.6 is 0 Å². The molecule has 0 radical (unpaired) electrons. The molecule has 4 atom stereocenters. The van der Waals surface area contributed by atoms with Crippen molar-refractivity contribution >= 4 is 10.4 Å². The van der Waals surface area contributed by atoms with Gasteiger partial charge in [-0.1, -0.05) is 0 Å². The van der Waals surface area contributed by atoms with Crippen molar-refractivity contribution in [2.24, 2.45) is 0 Å². The van der Waals surface area contributed by atoms with Gasteiger partial charge in [-0.05, 0) is 0 Å². The highest BCUT2D eigenvalue weighted by Crippen LogP contribution is 2.33. The van der Waals surface area contributed by atoms with Gasteiger partial charge in [0.15, 0.2) is 0 Å². The van der Waals surface area contributed by atoms with E-state index in [-0.39, 0.29) is 0 Å². The van der Waals surface area contributed by atoms with Crippen molar-refractivity contribution in [1.29, 1.82) is 0 Å². The van der Waals surface area contributed by atoms with E-state index in [2.05, 4.69) is 8.92 Å². The normalized spacial score (nSPS) is 40.2. The molecule has 0 aliphatic carbocycles. The fourth-order valence-corrected chi connectivity index (χ4v) is 1.96. The summed E-state index contributed by atoms with van der Waals surface area (Å²) in [5.41, 5.74) is 0. The molecule has 0 aromatic carbocycles. The lowest BCUT2D eigenvalue weighted by molar-refractivity contribution is -0.231. The summed E-state index contributed by atoms with van der Waals surface area (Å²) in [4.78, 5) is 0. The number of rotatable bonds is 4. The second-order valence-electron chi connectivity index (χ2n) is 3.26. The SMILES string of the molecule is O=S(=O)(O)O[C@@]1(CO)O[C@H](CO)[C@@H](O)[C@@H]1O. The van der Waals surface area contributed by atoms with Gasteiger partial charge in [-0.3, -0.25) is 4.55 Å². The Morgan fingerprint density at radius 3 is 2.19 bits per heavy atom. The summed E-state index contributed by atoms with van der Waals surface area (Å²) in [5, 5.41) is 36.4. The second kappa shape index (κ2) is 4.50. The van der Waals surface area contributed by atoms with Crippen LogP contribution in [0.2, 0.25) is 0 Å². The summed E-state index contributed by atoms with van der Waals surface area (Å²) >= 11 is 0. The molecule has 1 heterocycles. The molecule has 0 aromatic heterocycles. The topological polar surface area (TPSA) is 154 Å². The highest BCUT2D eigenvalue weighted by Gasteiger charge is 2.57. The molecule has 1 rings (SSSR count). The quantitative estimate of drug-likeness (QED) is 0.325. The molecule has 1 fully saturated rings. The van der Waals surface area contributed by atoms with Crippen LogP contribution in [0.15, 0.2) is 0 Å². The molecular formula is C6H12O9S. The lowest BCUT2D eigenvalue weighted by atomic mass is 10.1. The molecule has 0 unspecified atom stereocenters. The highest BCUT2D eigenvalue weighted by atomic mass is 32.3. The Balaban J connectivity index is 2.97. The maximum Gasteiger partial charge on any atom is 0.400 e. The van der Waals surface area contributed by atoms with Gasteiger partial charge in [0.05, 0.1) is 6.61 Å². The third-order valence-electron chi connectivity index (χ3n) is 2.15. The predicted molar refractivity (Wildman–Crippen MR) is 46.4 cm³/mol. The summed E-state index contributed by atoms with van der Waals surface area (Å²) in [7, 11) is -5.00. The molecule has 0 amide bonds. The molecule has 0 saturated carbocycles. The zero-order valence-corrected chi connectivity index (χ0v) is 8.74. The van der Waals surface area contributed by atoms with E-state index >= 15 is 0 Å². The van der Waals surface area contributed by atoms with E-state index in [4.69, 9.17) is 14.8 Å². The number of ether oxygens (including phenoxy) is 1. The number of aliphatic hydroxyl groups excluding tert-OH is 4. The summed E-state index contributed by atoms with van der Waals surface area (Å²) in [6.45, 7) is -1.86. The predicted octanol–water partition coefficient (Wildman–Crippen LogP) is -3.39. The minimum atomic E-state index is -5.00. The minimum absolute atomic E-state index is 0.727. The van der Waals surface area contributed by atoms with Crippen LogP contribution in [0.3, 0.4) is 0 Å². The van der Waals surface area contributed by atoms with E-state index in [9.17, 15) is 18.6 Å². The molecule has 1 aliphatic heterocycles. The van der Waals surface area contributed by atoms with Crippen LogP contribution in [-0.2, 0) is 19.3 Å². The van der Waals surface area contributed by atoms with E-state index in [1.165, 1.54) is 0 Å². The van der Waals surface area contributed by atoms with Crippen molar-refractivity contribution in [2.45, 2.75) is 24.1 Å². The van der Waals surface area contributed by atoms with E-state index in [1.54, 1.807) is 0 Å². The van der Waals surface area contributed by atoms with Gasteiger partial charge in [0.2, 0.25) is 5.79 Å². The molecule has 9 nitrogen and oxygen atoms in total. The molecule has 16 heavy (non-hydrogen) atoms. The Hall–Kier alpha value is -0.330. The monoisotopic (exact) mass is 260 g/mol. The molecular weight excluding hydrogens is 248 g/mol. The summed E-state index contributed by atoms with van der Waals surface area (Å²) in [6.07, 6.45) is -4.92. The van der Waals surface area contributed by atoms with Gasteiger partial charge in [-0.2, -0.15) is 8.42 Å². The van der Waals surface area contributed by atoms with Gasteiger partial charge >= 0.3 is 10.4 Å². The molecule has 0 spiro atoms. The first-order valence-corrected chi connectivity index (χ1v) is 5.56. The van der Waals surface area contributed by atoms with Crippen LogP contribution in [-0.4, -0.2) is 70.7 Å². The van der Waals surface area contributed by atoms with Gasteiger partial charge in [0.25, 0.3) is 0 Å². The van der Waals surface area contributed by atoms with Crippen LogP contribution in [0.4, 0.5) is 0 Å². The third-order valence-corrected chi connectivity index (χ3v) is 2.65. The third kappa shape index (κ3) is 2.49. The van der Waals surface area contributed by atoms with Crippen LogP contribution in [0.25, 0.3) is 0 Å². The molecule has 5 N–H and O–H groups in total. The van der Waals surface area contributed by atoms with E-state index in [0.717, 1.165) is 0 Å². The van der Waals surface area contributed by atoms with Gasteiger partial charge in [-0.25, -0.2) is 4.18 Å². The van der Waals surface area contributed by atoms with Crippen molar-refractivity contribution in [1.82, 2.24) is 0 Å². The number of aliphatic hydroxyl groups is 4.